The van der Waals surface area contributed by atoms with Gasteiger partial charge in [-0.3, -0.25) is 4.57 Å². The first-order valence-electron chi connectivity index (χ1n) is 6.52. The van der Waals surface area contributed by atoms with Crippen molar-refractivity contribution >= 4 is 5.95 Å². The summed E-state index contributed by atoms with van der Waals surface area (Å²) in [5.74, 6) is 1.17. The molecule has 2 aromatic heterocycles. The van der Waals surface area contributed by atoms with Gasteiger partial charge in [-0.15, -0.1) is 0 Å². The molecule has 2 heterocycles. The van der Waals surface area contributed by atoms with Crippen molar-refractivity contribution in [1.82, 2.24) is 24.5 Å². The van der Waals surface area contributed by atoms with Gasteiger partial charge in [-0.25, -0.2) is 4.98 Å². The molecule has 21 heavy (non-hydrogen) atoms. The molecule has 7 heteroatoms. The highest BCUT2D eigenvalue weighted by Gasteiger charge is 2.09. The van der Waals surface area contributed by atoms with E-state index in [9.17, 15) is 0 Å². The molecule has 0 spiro atoms. The smallest absolute Gasteiger partial charge is 0.328 e. The van der Waals surface area contributed by atoms with Crippen LogP contribution in [0.5, 0.6) is 11.8 Å². The zero-order chi connectivity index (χ0) is 14.7. The number of para-hydroxylation sites is 1. The summed E-state index contributed by atoms with van der Waals surface area (Å²) >= 11 is 0. The van der Waals surface area contributed by atoms with Gasteiger partial charge in [-0.2, -0.15) is 15.0 Å². The van der Waals surface area contributed by atoms with Gasteiger partial charge in [0.25, 0.3) is 0 Å². The van der Waals surface area contributed by atoms with E-state index in [1.165, 1.54) is 0 Å². The number of hydrogen-bond acceptors (Lipinski definition) is 6. The Morgan fingerprint density at radius 2 is 2.05 bits per heavy atom. The van der Waals surface area contributed by atoms with Gasteiger partial charge in [0.2, 0.25) is 11.9 Å². The second-order valence-electron chi connectivity index (χ2n) is 4.31. The Morgan fingerprint density at radius 1 is 1.19 bits per heavy atom. The lowest BCUT2D eigenvalue weighted by Crippen LogP contribution is -2.06. The van der Waals surface area contributed by atoms with E-state index in [4.69, 9.17) is 10.5 Å². The van der Waals surface area contributed by atoms with Crippen LogP contribution >= 0.6 is 0 Å². The number of aromatic nitrogens is 5. The van der Waals surface area contributed by atoms with Gasteiger partial charge in [0, 0.05) is 12.4 Å². The highest BCUT2D eigenvalue weighted by molar-refractivity contribution is 5.36. The Labute approximate surface area is 121 Å². The van der Waals surface area contributed by atoms with Gasteiger partial charge >= 0.3 is 6.01 Å². The summed E-state index contributed by atoms with van der Waals surface area (Å²) in [7, 11) is 0. The zero-order valence-electron chi connectivity index (χ0n) is 11.5. The monoisotopic (exact) mass is 282 g/mol. The predicted molar refractivity (Wildman–Crippen MR) is 77.3 cm³/mol. The van der Waals surface area contributed by atoms with Crippen LogP contribution in [0.4, 0.5) is 5.95 Å². The topological polar surface area (TPSA) is 91.7 Å². The van der Waals surface area contributed by atoms with E-state index in [2.05, 4.69) is 26.9 Å². The minimum atomic E-state index is 0.0951. The third-order valence-electron chi connectivity index (χ3n) is 2.91. The van der Waals surface area contributed by atoms with E-state index in [1.54, 1.807) is 23.3 Å². The average Bonchev–Trinajstić information content (AvgIpc) is 3.01. The van der Waals surface area contributed by atoms with Crippen molar-refractivity contribution in [1.29, 1.82) is 0 Å². The number of aryl methyl sites for hydroxylation is 1. The Kier molecular flexibility index (Phi) is 3.46. The molecule has 0 aliphatic carbocycles. The predicted octanol–water partition coefficient (Wildman–Crippen LogP) is 1.99. The van der Waals surface area contributed by atoms with Crippen molar-refractivity contribution in [3.05, 3.63) is 48.5 Å². The normalized spacial score (nSPS) is 10.5. The maximum Gasteiger partial charge on any atom is 0.328 e. The Bertz CT molecular complexity index is 741. The number of imidazole rings is 1. The highest BCUT2D eigenvalue weighted by atomic mass is 16.5. The van der Waals surface area contributed by atoms with E-state index in [0.717, 1.165) is 12.0 Å². The van der Waals surface area contributed by atoms with Gasteiger partial charge in [-0.1, -0.05) is 25.1 Å². The standard InChI is InChI=1S/C14H14N6O/c1-2-10-5-3-4-6-11(10)21-14-18-12(15)17-13(19-14)20-8-7-16-9-20/h3-9H,2H2,1H3,(H2,15,17,18,19). The molecule has 0 atom stereocenters. The average molecular weight is 282 g/mol. The van der Waals surface area contributed by atoms with Crippen LogP contribution in [0.15, 0.2) is 43.0 Å². The van der Waals surface area contributed by atoms with E-state index in [0.29, 0.717) is 11.7 Å². The molecule has 0 amide bonds. The molecule has 0 radical (unpaired) electrons. The van der Waals surface area contributed by atoms with Gasteiger partial charge in [0.1, 0.15) is 12.1 Å². The van der Waals surface area contributed by atoms with Crippen LogP contribution in [0, 0.1) is 0 Å². The van der Waals surface area contributed by atoms with Crippen LogP contribution in [0.1, 0.15) is 12.5 Å². The molecule has 0 fully saturated rings. The van der Waals surface area contributed by atoms with Crippen LogP contribution < -0.4 is 10.5 Å². The third kappa shape index (κ3) is 2.81. The number of anilines is 1. The van der Waals surface area contributed by atoms with Gasteiger partial charge in [0.15, 0.2) is 0 Å². The third-order valence-corrected chi connectivity index (χ3v) is 2.91. The van der Waals surface area contributed by atoms with Crippen LogP contribution in [0.3, 0.4) is 0 Å². The Balaban J connectivity index is 1.96. The van der Waals surface area contributed by atoms with Crippen LogP contribution in [-0.4, -0.2) is 24.5 Å². The van der Waals surface area contributed by atoms with Crippen LogP contribution in [0.25, 0.3) is 5.95 Å². The molecule has 2 N–H and O–H groups in total. The maximum absolute atomic E-state index is 5.74. The van der Waals surface area contributed by atoms with Crippen molar-refractivity contribution in [2.75, 3.05) is 5.73 Å². The van der Waals surface area contributed by atoms with Crippen molar-refractivity contribution < 1.29 is 4.74 Å². The summed E-state index contributed by atoms with van der Waals surface area (Å²) in [6.45, 7) is 2.06. The SMILES string of the molecule is CCc1ccccc1Oc1nc(N)nc(-n2ccnc2)n1. The zero-order valence-corrected chi connectivity index (χ0v) is 11.5. The van der Waals surface area contributed by atoms with Gasteiger partial charge < -0.3 is 10.5 Å². The fourth-order valence-electron chi connectivity index (χ4n) is 1.89. The molecule has 0 saturated carbocycles. The fraction of sp³-hybridized carbons (Fsp3) is 0.143. The van der Waals surface area contributed by atoms with Crippen molar-refractivity contribution in [3.63, 3.8) is 0 Å². The van der Waals surface area contributed by atoms with Gasteiger partial charge in [-0.05, 0) is 18.1 Å². The Hall–Kier alpha value is -2.96. The van der Waals surface area contributed by atoms with Crippen LogP contribution in [0.2, 0.25) is 0 Å². The summed E-state index contributed by atoms with van der Waals surface area (Å²) < 4.78 is 7.38. The fourth-order valence-corrected chi connectivity index (χ4v) is 1.89. The lowest BCUT2D eigenvalue weighted by Gasteiger charge is -2.09. The van der Waals surface area contributed by atoms with E-state index < -0.39 is 0 Å². The molecular formula is C14H14N6O. The number of hydrogen-bond donors (Lipinski definition) is 1. The summed E-state index contributed by atoms with van der Waals surface area (Å²) in [5, 5.41) is 0. The second-order valence-corrected chi connectivity index (χ2v) is 4.31. The van der Waals surface area contributed by atoms with E-state index in [-0.39, 0.29) is 12.0 Å². The number of rotatable bonds is 4. The first-order chi connectivity index (χ1) is 10.3. The molecule has 0 aliphatic heterocycles. The van der Waals surface area contributed by atoms with Crippen LogP contribution in [-0.2, 0) is 6.42 Å². The number of ether oxygens (including phenoxy) is 1. The number of benzene rings is 1. The summed E-state index contributed by atoms with van der Waals surface area (Å²) in [6, 6.07) is 7.89. The van der Waals surface area contributed by atoms with E-state index >= 15 is 0 Å². The summed E-state index contributed by atoms with van der Waals surface area (Å²) in [4.78, 5) is 16.3. The Morgan fingerprint density at radius 3 is 2.81 bits per heavy atom. The quantitative estimate of drug-likeness (QED) is 0.786. The van der Waals surface area contributed by atoms with Crippen molar-refractivity contribution in [3.8, 4) is 17.7 Å². The molecule has 0 saturated heterocycles. The molecule has 106 valence electrons. The minimum absolute atomic E-state index is 0.0951. The lowest BCUT2D eigenvalue weighted by atomic mass is 10.1. The summed E-state index contributed by atoms with van der Waals surface area (Å²) in [6.07, 6.45) is 5.79. The molecule has 1 aromatic carbocycles. The van der Waals surface area contributed by atoms with E-state index in [1.807, 2.05) is 24.3 Å². The highest BCUT2D eigenvalue weighted by Crippen LogP contribution is 2.23. The number of nitrogen functional groups attached to an aromatic ring is 1. The maximum atomic E-state index is 5.74. The lowest BCUT2D eigenvalue weighted by molar-refractivity contribution is 0.434. The summed E-state index contributed by atoms with van der Waals surface area (Å²) in [5.41, 5.74) is 6.78. The molecule has 0 aliphatic rings. The van der Waals surface area contributed by atoms with Gasteiger partial charge in [0.05, 0.1) is 0 Å². The second kappa shape index (κ2) is 5.58. The largest absolute Gasteiger partial charge is 0.424 e. The molecule has 7 nitrogen and oxygen atoms in total. The first-order valence-corrected chi connectivity index (χ1v) is 6.52. The molecule has 3 rings (SSSR count). The first kappa shape index (κ1) is 13.0. The number of nitrogens with zero attached hydrogens (tertiary/aromatic N) is 5. The molecular weight excluding hydrogens is 268 g/mol. The molecule has 0 bridgehead atoms. The minimum Gasteiger partial charge on any atom is -0.424 e. The number of nitrogens with two attached hydrogens (primary N) is 1. The van der Waals surface area contributed by atoms with Crippen molar-refractivity contribution in [2.24, 2.45) is 0 Å². The molecule has 3 aromatic rings. The molecule has 0 unspecified atom stereocenters. The van der Waals surface area contributed by atoms with Crippen molar-refractivity contribution in [2.45, 2.75) is 13.3 Å².